The molecule has 1 saturated heterocycles. The van der Waals surface area contributed by atoms with Crippen LogP contribution in [0.25, 0.3) is 0 Å². The number of urea groups is 1. The second-order valence-corrected chi connectivity index (χ2v) is 8.75. The van der Waals surface area contributed by atoms with Gasteiger partial charge in [0.25, 0.3) is 5.91 Å². The van der Waals surface area contributed by atoms with Gasteiger partial charge in [0.05, 0.1) is 12.2 Å². The van der Waals surface area contributed by atoms with Gasteiger partial charge in [0.15, 0.2) is 5.96 Å². The average molecular weight is 398 g/mol. The van der Waals surface area contributed by atoms with E-state index in [-0.39, 0.29) is 17.9 Å². The van der Waals surface area contributed by atoms with Crippen LogP contribution >= 0.6 is 0 Å². The molecule has 0 spiro atoms. The van der Waals surface area contributed by atoms with Gasteiger partial charge in [-0.15, -0.1) is 0 Å². The monoisotopic (exact) mass is 397 g/mol. The minimum atomic E-state index is -0.766. The molecule has 2 aliphatic carbocycles. The van der Waals surface area contributed by atoms with Crippen molar-refractivity contribution in [3.05, 3.63) is 29.8 Å². The molecule has 0 radical (unpaired) electrons. The van der Waals surface area contributed by atoms with Crippen LogP contribution in [0.15, 0.2) is 29.3 Å². The van der Waals surface area contributed by atoms with Crippen LogP contribution in [-0.4, -0.2) is 29.5 Å². The van der Waals surface area contributed by atoms with Gasteiger partial charge < -0.3 is 16.4 Å². The summed E-state index contributed by atoms with van der Waals surface area (Å²) in [6.45, 7) is 2.30. The van der Waals surface area contributed by atoms with Crippen LogP contribution in [0.4, 0.5) is 10.5 Å². The smallest absolute Gasteiger partial charge is 0.329 e. The lowest BCUT2D eigenvalue weighted by atomic mass is 9.96. The summed E-state index contributed by atoms with van der Waals surface area (Å²) in [6, 6.07) is 7.47. The van der Waals surface area contributed by atoms with Gasteiger partial charge in [-0.1, -0.05) is 37.8 Å². The van der Waals surface area contributed by atoms with Crippen LogP contribution in [-0.2, 0) is 11.3 Å². The number of carbonyl (C=O) groups is 2. The Kier molecular flexibility index (Phi) is 5.48. The highest BCUT2D eigenvalue weighted by atomic mass is 16.2. The number of carbonyl (C=O) groups excluding carboxylic acids is 2. The van der Waals surface area contributed by atoms with Crippen LogP contribution in [0.5, 0.6) is 0 Å². The molecule has 3 fully saturated rings. The van der Waals surface area contributed by atoms with E-state index in [9.17, 15) is 9.59 Å². The van der Waals surface area contributed by atoms with E-state index in [2.05, 4.69) is 15.6 Å². The van der Waals surface area contributed by atoms with Crippen LogP contribution in [0, 0.1) is 5.92 Å². The van der Waals surface area contributed by atoms with E-state index in [0.717, 1.165) is 31.2 Å². The van der Waals surface area contributed by atoms with Crippen molar-refractivity contribution in [2.24, 2.45) is 16.6 Å². The summed E-state index contributed by atoms with van der Waals surface area (Å²) in [7, 11) is 0. The standard InChI is InChI=1S/C22H31N5O2/c1-22(16-10-11-16)19(28)27(21(29)26-22)18-12-8-15(9-13-18)14-24-20(23)25-17-6-4-2-3-5-7-17/h8-9,12-13,16-17H,2-7,10-11,14H2,1H3,(H,26,29)(H3,23,24,25). The first-order valence-corrected chi connectivity index (χ1v) is 10.8. The zero-order valence-electron chi connectivity index (χ0n) is 17.1. The van der Waals surface area contributed by atoms with Gasteiger partial charge in [0, 0.05) is 6.04 Å². The molecular weight excluding hydrogens is 366 g/mol. The van der Waals surface area contributed by atoms with Gasteiger partial charge >= 0.3 is 6.03 Å². The number of nitrogens with two attached hydrogens (primary N) is 1. The number of anilines is 1. The fourth-order valence-corrected chi connectivity index (χ4v) is 4.43. The topological polar surface area (TPSA) is 99.8 Å². The predicted molar refractivity (Wildman–Crippen MR) is 114 cm³/mol. The maximum Gasteiger partial charge on any atom is 0.329 e. The molecule has 29 heavy (non-hydrogen) atoms. The van der Waals surface area contributed by atoms with Crippen molar-refractivity contribution in [2.45, 2.75) is 76.4 Å². The Bertz CT molecular complexity index is 794. The van der Waals surface area contributed by atoms with Gasteiger partial charge in [-0.05, 0) is 56.2 Å². The third kappa shape index (κ3) is 4.23. The summed E-state index contributed by atoms with van der Waals surface area (Å²) in [6.07, 6.45) is 9.38. The van der Waals surface area contributed by atoms with Crippen molar-refractivity contribution in [3.8, 4) is 0 Å². The summed E-state index contributed by atoms with van der Waals surface area (Å²) >= 11 is 0. The number of rotatable bonds is 5. The third-order valence-corrected chi connectivity index (χ3v) is 6.44. The van der Waals surface area contributed by atoms with Gasteiger partial charge in [-0.25, -0.2) is 14.7 Å². The quantitative estimate of drug-likeness (QED) is 0.308. The lowest BCUT2D eigenvalue weighted by Crippen LogP contribution is -2.46. The molecule has 4 N–H and O–H groups in total. The molecule has 0 aromatic heterocycles. The van der Waals surface area contributed by atoms with Gasteiger partial charge in [-0.3, -0.25) is 4.79 Å². The number of hydrogen-bond acceptors (Lipinski definition) is 3. The molecule has 1 unspecified atom stereocenters. The lowest BCUT2D eigenvalue weighted by Gasteiger charge is -2.21. The Morgan fingerprint density at radius 1 is 1.14 bits per heavy atom. The molecule has 1 aromatic carbocycles. The Morgan fingerprint density at radius 3 is 2.41 bits per heavy atom. The minimum Gasteiger partial charge on any atom is -0.370 e. The maximum atomic E-state index is 12.8. The molecule has 4 rings (SSSR count). The maximum absolute atomic E-state index is 12.8. The first-order valence-electron chi connectivity index (χ1n) is 10.8. The largest absolute Gasteiger partial charge is 0.370 e. The highest BCUT2D eigenvalue weighted by Gasteiger charge is 2.56. The van der Waals surface area contributed by atoms with Crippen molar-refractivity contribution in [1.82, 2.24) is 10.6 Å². The second-order valence-electron chi connectivity index (χ2n) is 8.75. The van der Waals surface area contributed by atoms with Crippen molar-refractivity contribution in [2.75, 3.05) is 4.90 Å². The fourth-order valence-electron chi connectivity index (χ4n) is 4.43. The molecule has 7 nitrogen and oxygen atoms in total. The minimum absolute atomic E-state index is 0.160. The highest BCUT2D eigenvalue weighted by molar-refractivity contribution is 6.23. The Balaban J connectivity index is 1.36. The Hall–Kier alpha value is -2.57. The van der Waals surface area contributed by atoms with E-state index in [4.69, 9.17) is 5.73 Å². The van der Waals surface area contributed by atoms with Crippen LogP contribution < -0.4 is 21.3 Å². The summed E-state index contributed by atoms with van der Waals surface area (Å²) < 4.78 is 0. The van der Waals surface area contributed by atoms with E-state index < -0.39 is 5.54 Å². The van der Waals surface area contributed by atoms with Crippen molar-refractivity contribution < 1.29 is 9.59 Å². The number of guanidine groups is 1. The number of nitrogens with zero attached hydrogens (tertiary/aromatic N) is 2. The lowest BCUT2D eigenvalue weighted by molar-refractivity contribution is -0.122. The number of imide groups is 1. The summed E-state index contributed by atoms with van der Waals surface area (Å²) in [5.74, 6) is 0.574. The zero-order chi connectivity index (χ0) is 20.4. The second kappa shape index (κ2) is 8.05. The predicted octanol–water partition coefficient (Wildman–Crippen LogP) is 3.04. The van der Waals surface area contributed by atoms with Crippen molar-refractivity contribution in [1.29, 1.82) is 0 Å². The van der Waals surface area contributed by atoms with Crippen molar-refractivity contribution >= 4 is 23.6 Å². The zero-order valence-corrected chi connectivity index (χ0v) is 17.1. The fraction of sp³-hybridized carbons (Fsp3) is 0.591. The van der Waals surface area contributed by atoms with Gasteiger partial charge in [-0.2, -0.15) is 0 Å². The molecule has 7 heteroatoms. The molecule has 1 aliphatic heterocycles. The molecule has 3 amide bonds. The Labute approximate surface area is 172 Å². The van der Waals surface area contributed by atoms with Crippen LogP contribution in [0.2, 0.25) is 0 Å². The van der Waals surface area contributed by atoms with Crippen LogP contribution in [0.3, 0.4) is 0 Å². The molecule has 0 bridgehead atoms. The first-order chi connectivity index (χ1) is 14.0. The molecule has 1 atom stereocenters. The summed E-state index contributed by atoms with van der Waals surface area (Å²) in [5, 5.41) is 6.22. The van der Waals surface area contributed by atoms with E-state index in [1.807, 2.05) is 19.1 Å². The van der Waals surface area contributed by atoms with Gasteiger partial charge in [0.1, 0.15) is 5.54 Å². The van der Waals surface area contributed by atoms with E-state index in [0.29, 0.717) is 24.2 Å². The molecule has 2 saturated carbocycles. The van der Waals surface area contributed by atoms with Crippen molar-refractivity contribution in [3.63, 3.8) is 0 Å². The normalized spacial score (nSPS) is 26.4. The molecular formula is C22H31N5O2. The Morgan fingerprint density at radius 2 is 1.79 bits per heavy atom. The summed E-state index contributed by atoms with van der Waals surface area (Å²) in [5.41, 5.74) is 6.88. The number of hydrogen-bond donors (Lipinski definition) is 3. The molecule has 1 heterocycles. The van der Waals surface area contributed by atoms with E-state index >= 15 is 0 Å². The number of aliphatic imine (C=N–C) groups is 1. The van der Waals surface area contributed by atoms with Crippen LogP contribution in [0.1, 0.15) is 63.9 Å². The third-order valence-electron chi connectivity index (χ3n) is 6.44. The molecule has 3 aliphatic rings. The highest BCUT2D eigenvalue weighted by Crippen LogP contribution is 2.43. The van der Waals surface area contributed by atoms with E-state index in [1.165, 1.54) is 30.6 Å². The first kappa shape index (κ1) is 19.7. The summed E-state index contributed by atoms with van der Waals surface area (Å²) in [4.78, 5) is 30.9. The van der Waals surface area contributed by atoms with E-state index in [1.54, 1.807) is 12.1 Å². The molecule has 156 valence electrons. The molecule has 1 aromatic rings. The number of amides is 3. The number of benzene rings is 1. The SMILES string of the molecule is CC1(C2CC2)NC(=O)N(c2ccc(CN=C(N)NC3CCCCCC3)cc2)C1=O. The van der Waals surface area contributed by atoms with Gasteiger partial charge in [0.2, 0.25) is 0 Å². The number of nitrogens with one attached hydrogen (secondary N) is 2. The average Bonchev–Trinajstić information content (AvgIpc) is 3.53.